The van der Waals surface area contributed by atoms with Crippen LogP contribution in [0.5, 0.6) is 0 Å². The van der Waals surface area contributed by atoms with Gasteiger partial charge in [-0.15, -0.1) is 0 Å². The number of sulfonamides is 1. The lowest BCUT2D eigenvalue weighted by Gasteiger charge is -2.09. The minimum Gasteiger partial charge on any atom is -0.452 e. The molecule has 26 heavy (non-hydrogen) atoms. The number of carbonyl (C=O) groups excluding carboxylic acids is 2. The average molecular weight is 401 g/mol. The molecule has 0 fully saturated rings. The summed E-state index contributed by atoms with van der Waals surface area (Å²) >= 11 is 5.97. The first-order valence-electron chi connectivity index (χ1n) is 7.13. The number of aryl methyl sites for hydroxylation is 1. The standard InChI is InChI=1S/C16H14ClFN2O5S/c1-9-2-5-14(12(17)6-9)20-15(21)8-25-16(22)11-7-10(26(19,23)24)3-4-13(11)18/h2-7H,8H2,1H3,(H,20,21)(H2,19,23,24). The third kappa shape index (κ3) is 5.01. The molecule has 0 aromatic heterocycles. The number of carbonyl (C=O) groups is 2. The van der Waals surface area contributed by atoms with Gasteiger partial charge in [0.05, 0.1) is 21.2 Å². The molecule has 1 amide bonds. The monoisotopic (exact) mass is 400 g/mol. The van der Waals surface area contributed by atoms with Gasteiger partial charge in [-0.25, -0.2) is 22.7 Å². The first-order valence-corrected chi connectivity index (χ1v) is 9.06. The van der Waals surface area contributed by atoms with Gasteiger partial charge in [-0.05, 0) is 42.8 Å². The minimum absolute atomic E-state index is 0.302. The Morgan fingerprint density at radius 3 is 2.54 bits per heavy atom. The molecule has 0 saturated carbocycles. The van der Waals surface area contributed by atoms with Gasteiger partial charge < -0.3 is 10.1 Å². The van der Waals surface area contributed by atoms with Gasteiger partial charge in [0.2, 0.25) is 10.0 Å². The molecule has 0 saturated heterocycles. The van der Waals surface area contributed by atoms with Crippen molar-refractivity contribution in [3.8, 4) is 0 Å². The highest BCUT2D eigenvalue weighted by atomic mass is 35.5. The summed E-state index contributed by atoms with van der Waals surface area (Å²) in [6.45, 7) is 1.10. The average Bonchev–Trinajstić information content (AvgIpc) is 2.54. The number of hydrogen-bond donors (Lipinski definition) is 2. The van der Waals surface area contributed by atoms with Crippen molar-refractivity contribution in [2.75, 3.05) is 11.9 Å². The molecule has 7 nitrogen and oxygen atoms in total. The van der Waals surface area contributed by atoms with Crippen molar-refractivity contribution in [2.45, 2.75) is 11.8 Å². The Kier molecular flexibility index (Phi) is 5.96. The van der Waals surface area contributed by atoms with Crippen LogP contribution in [0.1, 0.15) is 15.9 Å². The van der Waals surface area contributed by atoms with Crippen LogP contribution >= 0.6 is 11.6 Å². The van der Waals surface area contributed by atoms with Crippen molar-refractivity contribution in [2.24, 2.45) is 5.14 Å². The fourth-order valence-electron chi connectivity index (χ4n) is 1.95. The first-order chi connectivity index (χ1) is 12.1. The van der Waals surface area contributed by atoms with Gasteiger partial charge in [0, 0.05) is 0 Å². The van der Waals surface area contributed by atoms with Crippen molar-refractivity contribution in [1.29, 1.82) is 0 Å². The van der Waals surface area contributed by atoms with E-state index >= 15 is 0 Å². The molecule has 3 N–H and O–H groups in total. The number of hydrogen-bond acceptors (Lipinski definition) is 5. The van der Waals surface area contributed by atoms with E-state index in [0.717, 1.165) is 23.8 Å². The van der Waals surface area contributed by atoms with Gasteiger partial charge in [-0.3, -0.25) is 4.79 Å². The molecule has 0 spiro atoms. The van der Waals surface area contributed by atoms with E-state index in [1.54, 1.807) is 18.2 Å². The summed E-state index contributed by atoms with van der Waals surface area (Å²) in [6, 6.07) is 7.35. The van der Waals surface area contributed by atoms with Crippen LogP contribution in [0.2, 0.25) is 5.02 Å². The van der Waals surface area contributed by atoms with Crippen LogP contribution in [-0.2, 0) is 19.6 Å². The van der Waals surface area contributed by atoms with E-state index in [-0.39, 0.29) is 0 Å². The third-order valence-corrected chi connectivity index (χ3v) is 4.44. The van der Waals surface area contributed by atoms with Gasteiger partial charge in [-0.2, -0.15) is 0 Å². The number of ether oxygens (including phenoxy) is 1. The zero-order chi connectivity index (χ0) is 19.5. The highest BCUT2D eigenvalue weighted by Crippen LogP contribution is 2.22. The lowest BCUT2D eigenvalue weighted by Crippen LogP contribution is -2.22. The molecule has 2 rings (SSSR count). The van der Waals surface area contributed by atoms with Crippen molar-refractivity contribution in [3.05, 3.63) is 58.4 Å². The van der Waals surface area contributed by atoms with Crippen LogP contribution in [-0.4, -0.2) is 26.9 Å². The normalized spacial score (nSPS) is 11.1. The first kappa shape index (κ1) is 19.8. The van der Waals surface area contributed by atoms with Crippen molar-refractivity contribution < 1.29 is 27.1 Å². The zero-order valence-corrected chi connectivity index (χ0v) is 15.0. The second-order valence-electron chi connectivity index (χ2n) is 5.29. The van der Waals surface area contributed by atoms with E-state index in [1.807, 2.05) is 6.92 Å². The Morgan fingerprint density at radius 2 is 1.92 bits per heavy atom. The summed E-state index contributed by atoms with van der Waals surface area (Å²) in [5.41, 5.74) is 0.558. The van der Waals surface area contributed by atoms with Gasteiger partial charge in [0.25, 0.3) is 5.91 Å². The molecule has 0 bridgehead atoms. The number of esters is 1. The Balaban J connectivity index is 2.05. The van der Waals surface area contributed by atoms with E-state index < -0.39 is 44.8 Å². The molecule has 0 aliphatic rings. The van der Waals surface area contributed by atoms with Gasteiger partial charge >= 0.3 is 5.97 Å². The maximum atomic E-state index is 13.7. The molecule has 10 heteroatoms. The predicted molar refractivity (Wildman–Crippen MR) is 92.9 cm³/mol. The summed E-state index contributed by atoms with van der Waals surface area (Å²) in [6.07, 6.45) is 0. The number of halogens is 2. The molecule has 0 atom stereocenters. The number of benzene rings is 2. The summed E-state index contributed by atoms with van der Waals surface area (Å²) in [7, 11) is -4.12. The molecular weight excluding hydrogens is 387 g/mol. The van der Waals surface area contributed by atoms with E-state index in [9.17, 15) is 22.4 Å². The van der Waals surface area contributed by atoms with Crippen molar-refractivity contribution in [1.82, 2.24) is 0 Å². The lowest BCUT2D eigenvalue weighted by atomic mass is 10.2. The van der Waals surface area contributed by atoms with Gasteiger partial charge in [0.15, 0.2) is 6.61 Å². The van der Waals surface area contributed by atoms with Crippen LogP contribution in [0.15, 0.2) is 41.3 Å². The molecule has 0 heterocycles. The SMILES string of the molecule is Cc1ccc(NC(=O)COC(=O)c2cc(S(N)(=O)=O)ccc2F)c(Cl)c1. The minimum atomic E-state index is -4.12. The van der Waals surface area contributed by atoms with Gasteiger partial charge in [-0.1, -0.05) is 17.7 Å². The number of amides is 1. The fraction of sp³-hybridized carbons (Fsp3) is 0.125. The molecule has 2 aromatic rings. The summed E-state index contributed by atoms with van der Waals surface area (Å²) in [5.74, 6) is -2.92. The predicted octanol–water partition coefficient (Wildman–Crippen LogP) is 2.23. The largest absolute Gasteiger partial charge is 0.452 e. The lowest BCUT2D eigenvalue weighted by molar-refractivity contribution is -0.119. The summed E-state index contributed by atoms with van der Waals surface area (Å²) in [5, 5.41) is 7.67. The number of primary sulfonamides is 1. The molecule has 0 aliphatic heterocycles. The number of nitrogens with one attached hydrogen (secondary N) is 1. The van der Waals surface area contributed by atoms with Crippen molar-refractivity contribution >= 4 is 39.2 Å². The molecular formula is C16H14ClFN2O5S. The maximum Gasteiger partial charge on any atom is 0.341 e. The second kappa shape index (κ2) is 7.81. The highest BCUT2D eigenvalue weighted by Gasteiger charge is 2.19. The molecule has 0 radical (unpaired) electrons. The van der Waals surface area contributed by atoms with E-state index in [4.69, 9.17) is 21.5 Å². The summed E-state index contributed by atoms with van der Waals surface area (Å²) in [4.78, 5) is 23.3. The van der Waals surface area contributed by atoms with Crippen molar-refractivity contribution in [3.63, 3.8) is 0 Å². The van der Waals surface area contributed by atoms with E-state index in [2.05, 4.69) is 5.32 Å². The quantitative estimate of drug-likeness (QED) is 0.746. The van der Waals surface area contributed by atoms with Crippen LogP contribution in [0, 0.1) is 12.7 Å². The highest BCUT2D eigenvalue weighted by molar-refractivity contribution is 7.89. The number of rotatable bonds is 5. The molecule has 0 unspecified atom stereocenters. The third-order valence-electron chi connectivity index (χ3n) is 3.22. The van der Waals surface area contributed by atoms with Crippen LogP contribution in [0.3, 0.4) is 0 Å². The number of anilines is 1. The molecule has 0 aliphatic carbocycles. The van der Waals surface area contributed by atoms with Gasteiger partial charge in [0.1, 0.15) is 5.82 Å². The topological polar surface area (TPSA) is 116 Å². The smallest absolute Gasteiger partial charge is 0.341 e. The van der Waals surface area contributed by atoms with Crippen LogP contribution in [0.4, 0.5) is 10.1 Å². The van der Waals surface area contributed by atoms with E-state index in [1.165, 1.54) is 0 Å². The van der Waals surface area contributed by atoms with E-state index in [0.29, 0.717) is 10.7 Å². The Morgan fingerprint density at radius 1 is 1.23 bits per heavy atom. The Bertz CT molecular complexity index is 979. The summed E-state index contributed by atoms with van der Waals surface area (Å²) < 4.78 is 41.0. The fourth-order valence-corrected chi connectivity index (χ4v) is 2.78. The Labute approximate surface area is 154 Å². The number of nitrogens with two attached hydrogens (primary N) is 1. The zero-order valence-electron chi connectivity index (χ0n) is 13.5. The Hall–Kier alpha value is -2.49. The second-order valence-corrected chi connectivity index (χ2v) is 7.26. The molecule has 138 valence electrons. The molecule has 2 aromatic carbocycles. The van der Waals surface area contributed by atoms with Crippen LogP contribution in [0.25, 0.3) is 0 Å². The van der Waals surface area contributed by atoms with Crippen LogP contribution < -0.4 is 10.5 Å². The maximum absolute atomic E-state index is 13.7.